The topological polar surface area (TPSA) is 99.3 Å². The molecule has 2 aromatic rings. The van der Waals surface area contributed by atoms with E-state index in [1.807, 2.05) is 13.1 Å². The lowest BCUT2D eigenvalue weighted by Gasteiger charge is -2.10. The quantitative estimate of drug-likeness (QED) is 0.651. The summed E-state index contributed by atoms with van der Waals surface area (Å²) in [6, 6.07) is 4.04. The summed E-state index contributed by atoms with van der Waals surface area (Å²) in [6.45, 7) is 2.38. The third kappa shape index (κ3) is 3.81. The van der Waals surface area contributed by atoms with E-state index in [2.05, 4.69) is 10.4 Å². The zero-order chi connectivity index (χ0) is 16.1. The maximum absolute atomic E-state index is 11.9. The number of nitrogens with zero attached hydrogens (tertiary/aromatic N) is 3. The Hall–Kier alpha value is -2.90. The van der Waals surface area contributed by atoms with E-state index in [4.69, 9.17) is 4.74 Å². The third-order valence-electron chi connectivity index (χ3n) is 3.00. The molecule has 0 aliphatic carbocycles. The summed E-state index contributed by atoms with van der Waals surface area (Å²) in [4.78, 5) is 22.1. The van der Waals surface area contributed by atoms with E-state index in [1.165, 1.54) is 25.3 Å². The minimum Gasteiger partial charge on any atom is -0.494 e. The maximum atomic E-state index is 11.9. The van der Waals surface area contributed by atoms with E-state index in [0.29, 0.717) is 12.2 Å². The summed E-state index contributed by atoms with van der Waals surface area (Å²) in [5.41, 5.74) is 1.33. The summed E-state index contributed by atoms with van der Waals surface area (Å²) in [5, 5.41) is 17.5. The Kier molecular flexibility index (Phi) is 4.72. The van der Waals surface area contributed by atoms with Crippen LogP contribution in [0, 0.1) is 17.0 Å². The Morgan fingerprint density at radius 1 is 1.50 bits per heavy atom. The van der Waals surface area contributed by atoms with Gasteiger partial charge in [-0.15, -0.1) is 0 Å². The molecule has 1 N–H and O–H groups in total. The summed E-state index contributed by atoms with van der Waals surface area (Å²) in [6.07, 6.45) is 3.80. The molecule has 116 valence electrons. The Morgan fingerprint density at radius 2 is 2.27 bits per heavy atom. The number of hydrogen-bond donors (Lipinski definition) is 1. The van der Waals surface area contributed by atoms with Crippen LogP contribution in [-0.4, -0.2) is 27.7 Å². The maximum Gasteiger partial charge on any atom is 0.273 e. The Bertz CT molecular complexity index is 696. The molecular formula is C14H16N4O4. The molecule has 0 unspecified atom stereocenters. The number of non-ortho nitro benzene ring substituents is 1. The second kappa shape index (κ2) is 6.70. The van der Waals surface area contributed by atoms with Gasteiger partial charge in [0.25, 0.3) is 5.69 Å². The number of nitro groups is 1. The highest BCUT2D eigenvalue weighted by Crippen LogP contribution is 2.29. The lowest BCUT2D eigenvalue weighted by molar-refractivity contribution is -0.384. The van der Waals surface area contributed by atoms with Crippen LogP contribution in [-0.2, 0) is 11.3 Å². The number of rotatable bonds is 6. The third-order valence-corrected chi connectivity index (χ3v) is 3.00. The minimum absolute atomic E-state index is 0.0955. The number of hydrogen-bond acceptors (Lipinski definition) is 5. The standard InChI is InChI=1S/C14H16N4O4/c1-10-8-15-17(9-10)6-5-14(19)16-12-4-3-11(18(20)21)7-13(12)22-2/h3-4,7-9H,5-6H2,1-2H3,(H,16,19). The van der Waals surface area contributed by atoms with Gasteiger partial charge < -0.3 is 10.1 Å². The fourth-order valence-corrected chi connectivity index (χ4v) is 1.91. The first-order valence-corrected chi connectivity index (χ1v) is 6.61. The molecule has 8 heteroatoms. The van der Waals surface area contributed by atoms with Crippen molar-refractivity contribution in [1.29, 1.82) is 0 Å². The van der Waals surface area contributed by atoms with Crippen molar-refractivity contribution in [2.24, 2.45) is 0 Å². The molecule has 0 saturated heterocycles. The van der Waals surface area contributed by atoms with Crippen LogP contribution in [0.1, 0.15) is 12.0 Å². The number of aromatic nitrogens is 2. The molecule has 8 nitrogen and oxygen atoms in total. The molecule has 0 spiro atoms. The molecule has 0 radical (unpaired) electrons. The highest BCUT2D eigenvalue weighted by molar-refractivity contribution is 5.92. The van der Waals surface area contributed by atoms with Crippen LogP contribution in [0.4, 0.5) is 11.4 Å². The number of aryl methyl sites for hydroxylation is 2. The molecule has 2 rings (SSSR count). The second-order valence-corrected chi connectivity index (χ2v) is 4.72. The normalized spacial score (nSPS) is 10.3. The lowest BCUT2D eigenvalue weighted by atomic mass is 10.2. The molecule has 0 aliphatic rings. The van der Waals surface area contributed by atoms with E-state index in [-0.39, 0.29) is 23.8 Å². The smallest absolute Gasteiger partial charge is 0.273 e. The Balaban J connectivity index is 2.00. The van der Waals surface area contributed by atoms with Crippen molar-refractivity contribution in [2.45, 2.75) is 19.9 Å². The number of benzene rings is 1. The molecular weight excluding hydrogens is 288 g/mol. The van der Waals surface area contributed by atoms with Crippen molar-refractivity contribution in [3.05, 3.63) is 46.3 Å². The first-order valence-electron chi connectivity index (χ1n) is 6.61. The largest absolute Gasteiger partial charge is 0.494 e. The predicted octanol–water partition coefficient (Wildman–Crippen LogP) is 2.14. The molecule has 1 aromatic heterocycles. The average molecular weight is 304 g/mol. The minimum atomic E-state index is -0.520. The fourth-order valence-electron chi connectivity index (χ4n) is 1.91. The zero-order valence-electron chi connectivity index (χ0n) is 12.3. The van der Waals surface area contributed by atoms with Gasteiger partial charge in [-0.1, -0.05) is 0 Å². The van der Waals surface area contributed by atoms with Crippen molar-refractivity contribution >= 4 is 17.3 Å². The number of nitrogens with one attached hydrogen (secondary N) is 1. The van der Waals surface area contributed by atoms with Crippen molar-refractivity contribution in [3.8, 4) is 5.75 Å². The average Bonchev–Trinajstić information content (AvgIpc) is 2.91. The van der Waals surface area contributed by atoms with Gasteiger partial charge in [0.05, 0.1) is 30.0 Å². The molecule has 1 amide bonds. The van der Waals surface area contributed by atoms with Crippen molar-refractivity contribution in [3.63, 3.8) is 0 Å². The van der Waals surface area contributed by atoms with Gasteiger partial charge in [-0.3, -0.25) is 19.6 Å². The van der Waals surface area contributed by atoms with Gasteiger partial charge in [-0.05, 0) is 18.6 Å². The lowest BCUT2D eigenvalue weighted by Crippen LogP contribution is -2.15. The van der Waals surface area contributed by atoms with Crippen LogP contribution >= 0.6 is 0 Å². The number of amides is 1. The molecule has 0 atom stereocenters. The van der Waals surface area contributed by atoms with Gasteiger partial charge in [0.15, 0.2) is 0 Å². The van der Waals surface area contributed by atoms with E-state index in [1.54, 1.807) is 10.9 Å². The van der Waals surface area contributed by atoms with E-state index >= 15 is 0 Å². The van der Waals surface area contributed by atoms with Crippen LogP contribution in [0.25, 0.3) is 0 Å². The summed E-state index contributed by atoms with van der Waals surface area (Å²) >= 11 is 0. The number of methoxy groups -OCH3 is 1. The number of ether oxygens (including phenoxy) is 1. The van der Waals surface area contributed by atoms with Gasteiger partial charge in [-0.25, -0.2) is 0 Å². The predicted molar refractivity (Wildman–Crippen MR) is 79.9 cm³/mol. The molecule has 1 aromatic carbocycles. The zero-order valence-corrected chi connectivity index (χ0v) is 12.3. The van der Waals surface area contributed by atoms with Crippen LogP contribution in [0.15, 0.2) is 30.6 Å². The number of nitro benzene ring substituents is 1. The monoisotopic (exact) mass is 304 g/mol. The van der Waals surface area contributed by atoms with Gasteiger partial charge >= 0.3 is 0 Å². The van der Waals surface area contributed by atoms with Crippen LogP contribution < -0.4 is 10.1 Å². The number of anilines is 1. The molecule has 0 aliphatic heterocycles. The second-order valence-electron chi connectivity index (χ2n) is 4.72. The van der Waals surface area contributed by atoms with Crippen molar-refractivity contribution < 1.29 is 14.5 Å². The molecule has 0 bridgehead atoms. The first kappa shape index (κ1) is 15.5. The van der Waals surface area contributed by atoms with E-state index in [9.17, 15) is 14.9 Å². The first-order chi connectivity index (χ1) is 10.5. The summed E-state index contributed by atoms with van der Waals surface area (Å²) < 4.78 is 6.75. The fraction of sp³-hybridized carbons (Fsp3) is 0.286. The molecule has 22 heavy (non-hydrogen) atoms. The van der Waals surface area contributed by atoms with Gasteiger partial charge in [0, 0.05) is 25.2 Å². The Labute approximate surface area is 126 Å². The number of carbonyl (C=O) groups is 1. The SMILES string of the molecule is COc1cc([N+](=O)[O-])ccc1NC(=O)CCn1cc(C)cn1. The Morgan fingerprint density at radius 3 is 2.86 bits per heavy atom. The summed E-state index contributed by atoms with van der Waals surface area (Å²) in [5.74, 6) is 0.0257. The molecule has 0 fully saturated rings. The van der Waals surface area contributed by atoms with Crippen molar-refractivity contribution in [2.75, 3.05) is 12.4 Å². The molecule has 0 saturated carbocycles. The van der Waals surface area contributed by atoms with Gasteiger partial charge in [-0.2, -0.15) is 5.10 Å². The van der Waals surface area contributed by atoms with E-state index < -0.39 is 4.92 Å². The van der Waals surface area contributed by atoms with Crippen LogP contribution in [0.3, 0.4) is 0 Å². The van der Waals surface area contributed by atoms with Gasteiger partial charge in [0.2, 0.25) is 5.91 Å². The van der Waals surface area contributed by atoms with Crippen LogP contribution in [0.5, 0.6) is 5.75 Å². The highest BCUT2D eigenvalue weighted by atomic mass is 16.6. The summed E-state index contributed by atoms with van der Waals surface area (Å²) in [7, 11) is 1.39. The van der Waals surface area contributed by atoms with Crippen LogP contribution in [0.2, 0.25) is 0 Å². The molecule has 1 heterocycles. The van der Waals surface area contributed by atoms with Gasteiger partial charge in [0.1, 0.15) is 5.75 Å². The van der Waals surface area contributed by atoms with Crippen molar-refractivity contribution in [1.82, 2.24) is 9.78 Å². The highest BCUT2D eigenvalue weighted by Gasteiger charge is 2.13. The number of carbonyl (C=O) groups excluding carboxylic acids is 1. The van der Waals surface area contributed by atoms with E-state index in [0.717, 1.165) is 5.56 Å².